The number of methoxy groups -OCH3 is 3. The monoisotopic (exact) mass is 381 g/mol. The van der Waals surface area contributed by atoms with Crippen LogP contribution in [-0.4, -0.2) is 36.1 Å². The Labute approximate surface area is 163 Å². The smallest absolute Gasteiger partial charge is 0.241 e. The van der Waals surface area contributed by atoms with Crippen molar-refractivity contribution < 1.29 is 14.2 Å². The maximum Gasteiger partial charge on any atom is 0.241 e. The summed E-state index contributed by atoms with van der Waals surface area (Å²) in [5, 5.41) is 7.83. The number of hydrogen-bond acceptors (Lipinski definition) is 7. The van der Waals surface area contributed by atoms with E-state index in [2.05, 4.69) is 27.5 Å². The lowest BCUT2D eigenvalue weighted by atomic mass is 9.93. The van der Waals surface area contributed by atoms with Crippen LogP contribution < -0.4 is 25.3 Å². The van der Waals surface area contributed by atoms with Crippen LogP contribution in [0.1, 0.15) is 29.6 Å². The Morgan fingerprint density at radius 2 is 1.68 bits per heavy atom. The molecule has 1 aromatic heterocycles. The molecule has 0 amide bonds. The average molecular weight is 381 g/mol. The van der Waals surface area contributed by atoms with Crippen LogP contribution in [0.4, 0.5) is 11.9 Å². The molecule has 8 heteroatoms. The van der Waals surface area contributed by atoms with E-state index in [1.807, 2.05) is 35.0 Å². The average Bonchev–Trinajstić information content (AvgIpc) is 3.12. The van der Waals surface area contributed by atoms with Crippen molar-refractivity contribution in [3.8, 4) is 17.2 Å². The predicted molar refractivity (Wildman–Crippen MR) is 106 cm³/mol. The first-order valence-corrected chi connectivity index (χ1v) is 8.97. The summed E-state index contributed by atoms with van der Waals surface area (Å²) in [5.41, 5.74) is 8.06. The van der Waals surface area contributed by atoms with Crippen LogP contribution in [0, 0.1) is 0 Å². The number of rotatable bonds is 5. The molecule has 0 saturated carbocycles. The van der Waals surface area contributed by atoms with E-state index in [0.717, 1.165) is 23.3 Å². The minimum atomic E-state index is -0.0482. The number of ether oxygens (including phenoxy) is 3. The van der Waals surface area contributed by atoms with Crippen LogP contribution in [0.3, 0.4) is 0 Å². The van der Waals surface area contributed by atoms with Gasteiger partial charge in [-0.3, -0.25) is 0 Å². The van der Waals surface area contributed by atoms with E-state index in [1.165, 1.54) is 0 Å². The van der Waals surface area contributed by atoms with Gasteiger partial charge in [-0.2, -0.15) is 4.98 Å². The highest BCUT2D eigenvalue weighted by Crippen LogP contribution is 2.40. The van der Waals surface area contributed by atoms with Gasteiger partial charge in [0, 0.05) is 0 Å². The molecule has 0 spiro atoms. The summed E-state index contributed by atoms with van der Waals surface area (Å²) < 4.78 is 17.9. The summed E-state index contributed by atoms with van der Waals surface area (Å²) in [6.45, 7) is 0. The molecule has 4 rings (SSSR count). The van der Waals surface area contributed by atoms with Crippen LogP contribution in [-0.2, 0) is 0 Å². The van der Waals surface area contributed by atoms with E-state index < -0.39 is 0 Å². The molecular weight excluding hydrogens is 358 g/mol. The number of benzene rings is 2. The van der Waals surface area contributed by atoms with Crippen LogP contribution in [0.25, 0.3) is 0 Å². The van der Waals surface area contributed by atoms with Gasteiger partial charge in [0.2, 0.25) is 11.9 Å². The molecule has 0 aliphatic carbocycles. The first-order chi connectivity index (χ1) is 13.6. The molecule has 1 aliphatic rings. The second kappa shape index (κ2) is 7.30. The van der Waals surface area contributed by atoms with Crippen LogP contribution in [0.5, 0.6) is 17.2 Å². The van der Waals surface area contributed by atoms with Gasteiger partial charge in [-0.05, 0) is 41.8 Å². The molecular formula is C20H23N5O3. The first-order valence-electron chi connectivity index (χ1n) is 8.97. The van der Waals surface area contributed by atoms with Crippen LogP contribution >= 0.6 is 0 Å². The molecule has 2 atom stereocenters. The van der Waals surface area contributed by atoms with Gasteiger partial charge in [0.15, 0.2) is 11.5 Å². The normalized spacial score (nSPS) is 18.1. The Bertz CT molecular complexity index is 970. The maximum absolute atomic E-state index is 5.88. The summed E-state index contributed by atoms with van der Waals surface area (Å²) in [7, 11) is 4.91. The van der Waals surface area contributed by atoms with E-state index in [1.54, 1.807) is 21.3 Å². The molecule has 3 aromatic rings. The first kappa shape index (κ1) is 18.0. The standard InChI is InChI=1S/C20H23N5O3/c1-26-14-7-4-12(5-8-14)15-11-16(25-20(22-15)23-19(21)24-25)13-6-9-17(27-2)18(10-13)28-3/h4-10,15-16H,11H2,1-3H3,(H3,21,22,23,24)/t15-,16-/m1/s1. The second-order valence-electron chi connectivity index (χ2n) is 6.57. The van der Waals surface area contributed by atoms with Crippen molar-refractivity contribution in [2.24, 2.45) is 0 Å². The molecule has 1 aliphatic heterocycles. The molecule has 0 bridgehead atoms. The zero-order valence-corrected chi connectivity index (χ0v) is 16.0. The summed E-state index contributed by atoms with van der Waals surface area (Å²) in [6.07, 6.45) is 0.775. The summed E-state index contributed by atoms with van der Waals surface area (Å²) in [5.74, 6) is 3.07. The topological polar surface area (TPSA) is 96.5 Å². The number of nitrogens with zero attached hydrogens (tertiary/aromatic N) is 3. The number of aromatic nitrogens is 3. The van der Waals surface area contributed by atoms with Crippen molar-refractivity contribution in [2.75, 3.05) is 32.4 Å². The van der Waals surface area contributed by atoms with E-state index in [9.17, 15) is 0 Å². The Balaban J connectivity index is 1.73. The molecule has 2 aromatic carbocycles. The minimum Gasteiger partial charge on any atom is -0.497 e. The van der Waals surface area contributed by atoms with Crippen molar-refractivity contribution in [2.45, 2.75) is 18.5 Å². The molecule has 0 radical (unpaired) electrons. The predicted octanol–water partition coefficient (Wildman–Crippen LogP) is 3.03. The number of hydrogen-bond donors (Lipinski definition) is 2. The number of anilines is 2. The zero-order chi connectivity index (χ0) is 19.7. The Morgan fingerprint density at radius 1 is 0.964 bits per heavy atom. The van der Waals surface area contributed by atoms with Crippen molar-refractivity contribution in [3.63, 3.8) is 0 Å². The fourth-order valence-electron chi connectivity index (χ4n) is 3.59. The highest BCUT2D eigenvalue weighted by atomic mass is 16.5. The highest BCUT2D eigenvalue weighted by molar-refractivity contribution is 5.47. The number of nitrogen functional groups attached to an aromatic ring is 1. The number of fused-ring (bicyclic) bond motifs is 1. The Morgan fingerprint density at radius 3 is 2.36 bits per heavy atom. The Kier molecular flexibility index (Phi) is 4.68. The summed E-state index contributed by atoms with van der Waals surface area (Å²) in [6, 6.07) is 13.9. The molecule has 3 N–H and O–H groups in total. The van der Waals surface area contributed by atoms with E-state index in [0.29, 0.717) is 17.4 Å². The summed E-state index contributed by atoms with van der Waals surface area (Å²) >= 11 is 0. The van der Waals surface area contributed by atoms with Crippen molar-refractivity contribution in [1.82, 2.24) is 14.8 Å². The third kappa shape index (κ3) is 3.17. The number of nitrogens with one attached hydrogen (secondary N) is 1. The van der Waals surface area contributed by atoms with Gasteiger partial charge in [-0.15, -0.1) is 5.10 Å². The van der Waals surface area contributed by atoms with Gasteiger partial charge >= 0.3 is 0 Å². The lowest BCUT2D eigenvalue weighted by Crippen LogP contribution is -2.28. The minimum absolute atomic E-state index is 0.0482. The SMILES string of the molecule is COc1ccc([C@H]2C[C@H](c3ccc(OC)c(OC)c3)n3nc(N)nc3N2)cc1. The quantitative estimate of drug-likeness (QED) is 0.701. The number of nitrogens with two attached hydrogens (primary N) is 1. The molecule has 0 saturated heterocycles. The third-order valence-corrected chi connectivity index (χ3v) is 5.02. The molecule has 0 fully saturated rings. The van der Waals surface area contributed by atoms with Gasteiger partial charge in [0.1, 0.15) is 5.75 Å². The molecule has 2 heterocycles. The van der Waals surface area contributed by atoms with Gasteiger partial charge in [-0.1, -0.05) is 18.2 Å². The van der Waals surface area contributed by atoms with Crippen molar-refractivity contribution >= 4 is 11.9 Å². The largest absolute Gasteiger partial charge is 0.497 e. The van der Waals surface area contributed by atoms with Crippen molar-refractivity contribution in [3.05, 3.63) is 53.6 Å². The van der Waals surface area contributed by atoms with Gasteiger partial charge < -0.3 is 25.3 Å². The third-order valence-electron chi connectivity index (χ3n) is 5.02. The van der Waals surface area contributed by atoms with E-state index in [-0.39, 0.29) is 18.0 Å². The van der Waals surface area contributed by atoms with Gasteiger partial charge in [-0.25, -0.2) is 4.68 Å². The fourth-order valence-corrected chi connectivity index (χ4v) is 3.59. The molecule has 8 nitrogen and oxygen atoms in total. The van der Waals surface area contributed by atoms with E-state index >= 15 is 0 Å². The van der Waals surface area contributed by atoms with Gasteiger partial charge in [0.05, 0.1) is 33.4 Å². The molecule has 28 heavy (non-hydrogen) atoms. The highest BCUT2D eigenvalue weighted by Gasteiger charge is 2.31. The van der Waals surface area contributed by atoms with Crippen molar-refractivity contribution in [1.29, 1.82) is 0 Å². The maximum atomic E-state index is 5.88. The Hall–Kier alpha value is -3.42. The zero-order valence-electron chi connectivity index (χ0n) is 16.0. The second-order valence-corrected chi connectivity index (χ2v) is 6.57. The lowest BCUT2D eigenvalue weighted by molar-refractivity contribution is 0.352. The van der Waals surface area contributed by atoms with E-state index in [4.69, 9.17) is 19.9 Å². The van der Waals surface area contributed by atoms with Crippen LogP contribution in [0.2, 0.25) is 0 Å². The molecule has 146 valence electrons. The summed E-state index contributed by atoms with van der Waals surface area (Å²) in [4.78, 5) is 4.35. The van der Waals surface area contributed by atoms with Gasteiger partial charge in [0.25, 0.3) is 0 Å². The lowest BCUT2D eigenvalue weighted by Gasteiger charge is -2.32. The van der Waals surface area contributed by atoms with Crippen LogP contribution in [0.15, 0.2) is 42.5 Å². The fraction of sp³-hybridized carbons (Fsp3) is 0.300. The molecule has 0 unspecified atom stereocenters.